The lowest BCUT2D eigenvalue weighted by Gasteiger charge is -2.40. The Balaban J connectivity index is 1.83. The summed E-state index contributed by atoms with van der Waals surface area (Å²) in [5, 5.41) is 0. The smallest absolute Gasteiger partial charge is 0.309 e. The highest BCUT2D eigenvalue weighted by Gasteiger charge is 2.51. The lowest BCUT2D eigenvalue weighted by molar-refractivity contribution is -0.162. The largest absolute Gasteiger partial charge is 0.466 e. The van der Waals surface area contributed by atoms with Crippen molar-refractivity contribution in [2.24, 2.45) is 17.8 Å². The van der Waals surface area contributed by atoms with Crippen LogP contribution in [0, 0.1) is 17.8 Å². The van der Waals surface area contributed by atoms with E-state index >= 15 is 0 Å². The lowest BCUT2D eigenvalue weighted by atomic mass is 9.72. The summed E-state index contributed by atoms with van der Waals surface area (Å²) in [4.78, 5) is 40.2. The number of carbonyl (C=O) groups is 3. The number of amides is 1. The molecular weight excluding hydrogens is 330 g/mol. The minimum atomic E-state index is -0.579. The van der Waals surface area contributed by atoms with E-state index in [0.29, 0.717) is 25.8 Å². The number of ketones is 1. The third-order valence-corrected chi connectivity index (χ3v) is 5.73. The van der Waals surface area contributed by atoms with Gasteiger partial charge in [0.1, 0.15) is 0 Å². The van der Waals surface area contributed by atoms with Crippen molar-refractivity contribution in [2.45, 2.75) is 45.6 Å². The SMILES string of the molecule is CCOC(=O)C(CCc1ccccc1)C1C(=O)C2CCCN2C(=O)C1C. The minimum absolute atomic E-state index is 0.00566. The molecule has 140 valence electrons. The first-order valence-electron chi connectivity index (χ1n) is 9.59. The number of fused-ring (bicyclic) bond motifs is 1. The van der Waals surface area contributed by atoms with E-state index < -0.39 is 17.8 Å². The van der Waals surface area contributed by atoms with Gasteiger partial charge in [-0.3, -0.25) is 14.4 Å². The third-order valence-electron chi connectivity index (χ3n) is 5.73. The normalized spacial score (nSPS) is 26.5. The molecule has 2 saturated heterocycles. The Bertz CT molecular complexity index is 672. The zero-order valence-electron chi connectivity index (χ0n) is 15.5. The summed E-state index contributed by atoms with van der Waals surface area (Å²) in [6.45, 7) is 4.48. The molecule has 0 aromatic heterocycles. The fourth-order valence-electron chi connectivity index (χ4n) is 4.42. The van der Waals surface area contributed by atoms with Crippen molar-refractivity contribution in [3.63, 3.8) is 0 Å². The molecule has 5 heteroatoms. The van der Waals surface area contributed by atoms with Gasteiger partial charge >= 0.3 is 5.97 Å². The molecule has 0 bridgehead atoms. The summed E-state index contributed by atoms with van der Waals surface area (Å²) in [7, 11) is 0. The van der Waals surface area contributed by atoms with E-state index in [9.17, 15) is 14.4 Å². The molecule has 5 nitrogen and oxygen atoms in total. The van der Waals surface area contributed by atoms with Crippen LogP contribution in [0.5, 0.6) is 0 Å². The van der Waals surface area contributed by atoms with Crippen LogP contribution in [0.4, 0.5) is 0 Å². The van der Waals surface area contributed by atoms with Crippen molar-refractivity contribution in [3.8, 4) is 0 Å². The number of ether oxygens (including phenoxy) is 1. The summed E-state index contributed by atoms with van der Waals surface area (Å²) >= 11 is 0. The predicted molar refractivity (Wildman–Crippen MR) is 97.3 cm³/mol. The zero-order valence-corrected chi connectivity index (χ0v) is 15.5. The number of hydrogen-bond acceptors (Lipinski definition) is 4. The lowest BCUT2D eigenvalue weighted by Crippen LogP contribution is -2.56. The number of esters is 1. The number of Topliss-reactive ketones (excluding diaryl/α,β-unsaturated/α-hetero) is 1. The molecule has 2 fully saturated rings. The molecule has 4 unspecified atom stereocenters. The van der Waals surface area contributed by atoms with Crippen LogP contribution in [0.3, 0.4) is 0 Å². The molecule has 0 spiro atoms. The quantitative estimate of drug-likeness (QED) is 0.734. The van der Waals surface area contributed by atoms with E-state index in [4.69, 9.17) is 4.74 Å². The maximum atomic E-state index is 13.1. The number of rotatable bonds is 6. The maximum Gasteiger partial charge on any atom is 0.309 e. The molecule has 4 atom stereocenters. The molecule has 0 aliphatic carbocycles. The number of benzene rings is 1. The monoisotopic (exact) mass is 357 g/mol. The van der Waals surface area contributed by atoms with Crippen molar-refractivity contribution < 1.29 is 19.1 Å². The van der Waals surface area contributed by atoms with Crippen LogP contribution < -0.4 is 0 Å². The first kappa shape index (κ1) is 18.6. The van der Waals surface area contributed by atoms with Crippen LogP contribution in [0.15, 0.2) is 30.3 Å². The van der Waals surface area contributed by atoms with Gasteiger partial charge < -0.3 is 9.64 Å². The average molecular weight is 357 g/mol. The molecule has 1 amide bonds. The summed E-state index contributed by atoms with van der Waals surface area (Å²) in [6, 6.07) is 9.55. The van der Waals surface area contributed by atoms with Gasteiger partial charge in [-0.05, 0) is 38.2 Å². The first-order chi connectivity index (χ1) is 12.5. The third kappa shape index (κ3) is 3.53. The Morgan fingerprint density at radius 3 is 2.69 bits per heavy atom. The predicted octanol–water partition coefficient (Wildman–Crippen LogP) is 2.62. The van der Waals surface area contributed by atoms with Gasteiger partial charge in [-0.1, -0.05) is 37.3 Å². The summed E-state index contributed by atoms with van der Waals surface area (Å²) < 4.78 is 5.27. The molecule has 2 aliphatic heterocycles. The zero-order chi connectivity index (χ0) is 18.7. The number of carbonyl (C=O) groups excluding carboxylic acids is 3. The van der Waals surface area contributed by atoms with Gasteiger partial charge in [0.15, 0.2) is 5.78 Å². The number of hydrogen-bond donors (Lipinski definition) is 0. The van der Waals surface area contributed by atoms with Crippen molar-refractivity contribution in [3.05, 3.63) is 35.9 Å². The van der Waals surface area contributed by atoms with Crippen molar-refractivity contribution in [2.75, 3.05) is 13.2 Å². The average Bonchev–Trinajstić information content (AvgIpc) is 3.14. The Kier molecular flexibility index (Phi) is 5.74. The number of aryl methyl sites for hydroxylation is 1. The van der Waals surface area contributed by atoms with Crippen LogP contribution in [0.2, 0.25) is 0 Å². The second-order valence-corrected chi connectivity index (χ2v) is 7.29. The van der Waals surface area contributed by atoms with Crippen LogP contribution in [-0.2, 0) is 25.5 Å². The highest BCUT2D eigenvalue weighted by Crippen LogP contribution is 2.38. The number of piperidine rings is 1. The van der Waals surface area contributed by atoms with Crippen LogP contribution >= 0.6 is 0 Å². The fourth-order valence-corrected chi connectivity index (χ4v) is 4.42. The Labute approximate surface area is 154 Å². The maximum absolute atomic E-state index is 13.1. The first-order valence-corrected chi connectivity index (χ1v) is 9.59. The highest BCUT2D eigenvalue weighted by molar-refractivity contribution is 6.00. The second kappa shape index (κ2) is 8.02. The van der Waals surface area contributed by atoms with E-state index in [0.717, 1.165) is 12.0 Å². The Morgan fingerprint density at radius 2 is 2.00 bits per heavy atom. The van der Waals surface area contributed by atoms with Crippen LogP contribution in [0.1, 0.15) is 38.7 Å². The van der Waals surface area contributed by atoms with Crippen molar-refractivity contribution in [1.29, 1.82) is 0 Å². The van der Waals surface area contributed by atoms with Crippen LogP contribution in [0.25, 0.3) is 0 Å². The van der Waals surface area contributed by atoms with Crippen LogP contribution in [-0.4, -0.2) is 41.8 Å². The summed E-state index contributed by atoms with van der Waals surface area (Å²) in [5.41, 5.74) is 1.12. The molecule has 1 aromatic carbocycles. The molecule has 26 heavy (non-hydrogen) atoms. The van der Waals surface area contributed by atoms with Gasteiger partial charge in [0.25, 0.3) is 0 Å². The molecule has 2 aliphatic rings. The molecule has 0 N–H and O–H groups in total. The molecule has 3 rings (SSSR count). The summed E-state index contributed by atoms with van der Waals surface area (Å²) in [6.07, 6.45) is 2.77. The van der Waals surface area contributed by atoms with Gasteiger partial charge in [0, 0.05) is 18.4 Å². The molecule has 1 aromatic rings. The van der Waals surface area contributed by atoms with E-state index in [1.54, 1.807) is 18.7 Å². The Hall–Kier alpha value is -2.17. The van der Waals surface area contributed by atoms with E-state index in [1.165, 1.54) is 0 Å². The molecule has 0 radical (unpaired) electrons. The second-order valence-electron chi connectivity index (χ2n) is 7.29. The summed E-state index contributed by atoms with van der Waals surface area (Å²) in [5.74, 6) is -1.92. The topological polar surface area (TPSA) is 63.7 Å². The van der Waals surface area contributed by atoms with E-state index in [1.807, 2.05) is 30.3 Å². The van der Waals surface area contributed by atoms with Crippen molar-refractivity contribution in [1.82, 2.24) is 4.90 Å². The van der Waals surface area contributed by atoms with Gasteiger partial charge in [0.2, 0.25) is 5.91 Å². The standard InChI is InChI=1S/C21H27NO4/c1-3-26-21(25)16(12-11-15-8-5-4-6-9-15)18-14(2)20(24)22-13-7-10-17(22)19(18)23/h4-6,8-9,14,16-18H,3,7,10-13H2,1-2H3. The molecule has 0 saturated carbocycles. The molecule has 2 heterocycles. The van der Waals surface area contributed by atoms with Gasteiger partial charge in [-0.25, -0.2) is 0 Å². The number of nitrogens with zero attached hydrogens (tertiary/aromatic N) is 1. The van der Waals surface area contributed by atoms with Crippen molar-refractivity contribution >= 4 is 17.7 Å². The molecular formula is C21H27NO4. The Morgan fingerprint density at radius 1 is 1.27 bits per heavy atom. The fraction of sp³-hybridized carbons (Fsp3) is 0.571. The van der Waals surface area contributed by atoms with Gasteiger partial charge in [0.05, 0.1) is 18.6 Å². The highest BCUT2D eigenvalue weighted by atomic mass is 16.5. The van der Waals surface area contributed by atoms with E-state index in [2.05, 4.69) is 0 Å². The minimum Gasteiger partial charge on any atom is -0.466 e. The van der Waals surface area contributed by atoms with E-state index in [-0.39, 0.29) is 30.3 Å². The van der Waals surface area contributed by atoms with Gasteiger partial charge in [-0.2, -0.15) is 0 Å². The van der Waals surface area contributed by atoms with Gasteiger partial charge in [-0.15, -0.1) is 0 Å².